The van der Waals surface area contributed by atoms with Crippen LogP contribution < -0.4 is 0 Å². The van der Waals surface area contributed by atoms with E-state index in [9.17, 15) is 0 Å². The van der Waals surface area contributed by atoms with Crippen LogP contribution in [0.5, 0.6) is 0 Å². The van der Waals surface area contributed by atoms with Crippen molar-refractivity contribution in [1.82, 2.24) is 14.5 Å². The Hall–Kier alpha value is -6.10. The van der Waals surface area contributed by atoms with Crippen LogP contribution in [0.25, 0.3) is 92.3 Å². The summed E-state index contributed by atoms with van der Waals surface area (Å²) >= 11 is 1.74. The molecule has 3 aromatic heterocycles. The monoisotopic (exact) mass is 629 g/mol. The quantitative estimate of drug-likeness (QED) is 0.181. The average molecular weight is 630 g/mol. The van der Waals surface area contributed by atoms with Crippen molar-refractivity contribution in [2.75, 3.05) is 0 Å². The summed E-state index contributed by atoms with van der Waals surface area (Å²) in [6, 6.07) is 58.4. The first kappa shape index (κ1) is 27.1. The molecule has 0 bridgehead atoms. The zero-order valence-electron chi connectivity index (χ0n) is 25.8. The van der Waals surface area contributed by atoms with Crippen molar-refractivity contribution in [2.24, 2.45) is 0 Å². The van der Waals surface area contributed by atoms with Gasteiger partial charge in [-0.05, 0) is 65.7 Å². The van der Waals surface area contributed by atoms with E-state index in [2.05, 4.69) is 162 Å². The highest BCUT2D eigenvalue weighted by Crippen LogP contribution is 2.43. The summed E-state index contributed by atoms with van der Waals surface area (Å²) in [4.78, 5) is 10.3. The zero-order chi connectivity index (χ0) is 31.6. The Bertz CT molecular complexity index is 2810. The molecular weight excluding hydrogens is 603 g/mol. The van der Waals surface area contributed by atoms with Crippen LogP contribution in [0.4, 0.5) is 0 Å². The van der Waals surface area contributed by atoms with E-state index in [1.165, 1.54) is 31.9 Å². The first-order chi connectivity index (χ1) is 23.8. The van der Waals surface area contributed by atoms with E-state index in [-0.39, 0.29) is 0 Å². The highest BCUT2D eigenvalue weighted by Gasteiger charge is 2.19. The fourth-order valence-corrected chi connectivity index (χ4v) is 8.21. The first-order valence-electron chi connectivity index (χ1n) is 16.2. The van der Waals surface area contributed by atoms with Gasteiger partial charge in [-0.1, -0.05) is 109 Å². The number of pyridine rings is 1. The number of hydrogen-bond donors (Lipinski definition) is 0. The standard InChI is InChI=1S/C44H27N3S/c1-2-16-32(17-3-1)47-38-22-8-5-19-34(38)42-39(47)25-24-35-41(42)33-18-4-6-20-36(33)45-43(35)30-14-10-12-28(26-30)29-13-11-15-31(27-29)44-46-37-21-7-9-23-40(37)48-44/h1-27H. The summed E-state index contributed by atoms with van der Waals surface area (Å²) in [7, 11) is 0. The summed E-state index contributed by atoms with van der Waals surface area (Å²) in [6.45, 7) is 0. The fraction of sp³-hybridized carbons (Fsp3) is 0. The highest BCUT2D eigenvalue weighted by molar-refractivity contribution is 7.21. The maximum atomic E-state index is 5.33. The third-order valence-electron chi connectivity index (χ3n) is 9.39. The molecular formula is C44H27N3S. The van der Waals surface area contributed by atoms with Gasteiger partial charge in [-0.25, -0.2) is 9.97 Å². The second-order valence-corrected chi connectivity index (χ2v) is 13.2. The van der Waals surface area contributed by atoms with Crippen LogP contribution in [0.3, 0.4) is 0 Å². The minimum absolute atomic E-state index is 0.992. The molecule has 0 aliphatic rings. The van der Waals surface area contributed by atoms with Gasteiger partial charge in [-0.2, -0.15) is 0 Å². The fourth-order valence-electron chi connectivity index (χ4n) is 7.25. The van der Waals surface area contributed by atoms with Crippen LogP contribution in [-0.2, 0) is 0 Å². The Balaban J connectivity index is 1.20. The minimum atomic E-state index is 0.992. The Labute approximate surface area is 281 Å². The largest absolute Gasteiger partial charge is 0.309 e. The molecule has 0 aliphatic heterocycles. The van der Waals surface area contributed by atoms with Gasteiger partial charge in [-0.3, -0.25) is 0 Å². The van der Waals surface area contributed by atoms with Gasteiger partial charge >= 0.3 is 0 Å². The van der Waals surface area contributed by atoms with E-state index in [0.717, 1.165) is 60.4 Å². The van der Waals surface area contributed by atoms with Gasteiger partial charge in [0.1, 0.15) is 5.01 Å². The van der Waals surface area contributed by atoms with Gasteiger partial charge in [0.15, 0.2) is 0 Å². The predicted octanol–water partition coefficient (Wildman–Crippen LogP) is 12.1. The molecule has 3 heterocycles. The van der Waals surface area contributed by atoms with Gasteiger partial charge in [0.05, 0.1) is 32.5 Å². The molecule has 0 spiro atoms. The van der Waals surface area contributed by atoms with Crippen molar-refractivity contribution in [2.45, 2.75) is 0 Å². The lowest BCUT2D eigenvalue weighted by atomic mass is 9.94. The summed E-state index contributed by atoms with van der Waals surface area (Å²) in [5.74, 6) is 0. The smallest absolute Gasteiger partial charge is 0.124 e. The summed E-state index contributed by atoms with van der Waals surface area (Å²) in [6.07, 6.45) is 0. The molecule has 10 aromatic rings. The molecule has 0 unspecified atom stereocenters. The summed E-state index contributed by atoms with van der Waals surface area (Å²) < 4.78 is 3.59. The number of benzene rings is 7. The van der Waals surface area contributed by atoms with Crippen LogP contribution in [0, 0.1) is 0 Å². The van der Waals surface area contributed by atoms with Crippen molar-refractivity contribution in [3.05, 3.63) is 164 Å². The number of nitrogens with zero attached hydrogens (tertiary/aromatic N) is 3. The first-order valence-corrected chi connectivity index (χ1v) is 17.0. The van der Waals surface area contributed by atoms with E-state index < -0.39 is 0 Å². The molecule has 0 fully saturated rings. The predicted molar refractivity (Wildman–Crippen MR) is 203 cm³/mol. The highest BCUT2D eigenvalue weighted by atomic mass is 32.1. The molecule has 0 saturated carbocycles. The van der Waals surface area contributed by atoms with Gasteiger partial charge in [-0.15, -0.1) is 11.3 Å². The second-order valence-electron chi connectivity index (χ2n) is 12.2. The molecule has 0 N–H and O–H groups in total. The van der Waals surface area contributed by atoms with Crippen LogP contribution >= 0.6 is 11.3 Å². The molecule has 0 amide bonds. The third-order valence-corrected chi connectivity index (χ3v) is 10.5. The molecule has 7 aromatic carbocycles. The summed E-state index contributed by atoms with van der Waals surface area (Å²) in [5, 5.41) is 7.09. The Morgan fingerprint density at radius 3 is 1.92 bits per heavy atom. The lowest BCUT2D eigenvalue weighted by Gasteiger charge is -2.13. The topological polar surface area (TPSA) is 30.7 Å². The molecule has 4 heteroatoms. The molecule has 0 aliphatic carbocycles. The molecule has 0 radical (unpaired) electrons. The average Bonchev–Trinajstić information content (AvgIpc) is 3.75. The lowest BCUT2D eigenvalue weighted by molar-refractivity contribution is 1.18. The van der Waals surface area contributed by atoms with Gasteiger partial charge in [0, 0.05) is 43.7 Å². The second kappa shape index (κ2) is 10.7. The van der Waals surface area contributed by atoms with E-state index in [0.29, 0.717) is 0 Å². The van der Waals surface area contributed by atoms with Crippen molar-refractivity contribution >= 4 is 65.0 Å². The van der Waals surface area contributed by atoms with Crippen LogP contribution in [0.2, 0.25) is 0 Å². The number of aromatic nitrogens is 3. The number of para-hydroxylation sites is 4. The van der Waals surface area contributed by atoms with Gasteiger partial charge in [0.2, 0.25) is 0 Å². The van der Waals surface area contributed by atoms with E-state index in [1.807, 2.05) is 6.07 Å². The van der Waals surface area contributed by atoms with Crippen LogP contribution in [-0.4, -0.2) is 14.5 Å². The molecule has 3 nitrogen and oxygen atoms in total. The summed E-state index contributed by atoms with van der Waals surface area (Å²) in [5.41, 5.74) is 11.1. The SMILES string of the molecule is c1ccc(-n2c3ccccc3c3c4c(ccc32)c(-c2cccc(-c3cccc(-c5nc6ccccc6s5)c3)c2)nc2ccccc24)cc1. The normalized spacial score (nSPS) is 11.8. The Morgan fingerprint density at radius 1 is 0.417 bits per heavy atom. The molecule has 48 heavy (non-hydrogen) atoms. The zero-order valence-corrected chi connectivity index (χ0v) is 26.7. The lowest BCUT2D eigenvalue weighted by Crippen LogP contribution is -1.94. The molecule has 0 atom stereocenters. The van der Waals surface area contributed by atoms with Crippen molar-refractivity contribution < 1.29 is 0 Å². The van der Waals surface area contributed by atoms with Crippen LogP contribution in [0.15, 0.2) is 164 Å². The van der Waals surface area contributed by atoms with Crippen molar-refractivity contribution in [3.63, 3.8) is 0 Å². The maximum absolute atomic E-state index is 5.33. The van der Waals surface area contributed by atoms with Crippen LogP contribution in [0.1, 0.15) is 0 Å². The number of thiazole rings is 1. The number of rotatable bonds is 4. The molecule has 10 rings (SSSR count). The molecule has 224 valence electrons. The van der Waals surface area contributed by atoms with E-state index in [1.54, 1.807) is 11.3 Å². The van der Waals surface area contributed by atoms with E-state index in [4.69, 9.17) is 9.97 Å². The van der Waals surface area contributed by atoms with Crippen molar-refractivity contribution in [3.8, 4) is 38.6 Å². The van der Waals surface area contributed by atoms with Crippen molar-refractivity contribution in [1.29, 1.82) is 0 Å². The van der Waals surface area contributed by atoms with E-state index >= 15 is 0 Å². The van der Waals surface area contributed by atoms with Gasteiger partial charge < -0.3 is 4.57 Å². The minimum Gasteiger partial charge on any atom is -0.309 e. The Kier molecular flexibility index (Phi) is 6.05. The number of fused-ring (bicyclic) bond motifs is 8. The van der Waals surface area contributed by atoms with Gasteiger partial charge in [0.25, 0.3) is 0 Å². The number of hydrogen-bond acceptors (Lipinski definition) is 3. The maximum Gasteiger partial charge on any atom is 0.124 e. The Morgan fingerprint density at radius 2 is 1.08 bits per heavy atom. The third kappa shape index (κ3) is 4.20. The molecule has 0 saturated heterocycles.